The maximum Gasteiger partial charge on any atom is 0.0623 e. The standard InChI is InChI=1S/C13H28N2O/c1-5-7-15(11(3)4)8-12-9-16-10-13(12)14-6-2/h11-14H,5-10H2,1-4H3. The Morgan fingerprint density at radius 1 is 1.31 bits per heavy atom. The highest BCUT2D eigenvalue weighted by atomic mass is 16.5. The molecule has 3 heteroatoms. The van der Waals surface area contributed by atoms with Crippen molar-refractivity contribution in [2.24, 2.45) is 5.92 Å². The number of rotatable bonds is 7. The first-order valence-corrected chi connectivity index (χ1v) is 6.74. The van der Waals surface area contributed by atoms with Crippen molar-refractivity contribution in [2.45, 2.75) is 46.2 Å². The van der Waals surface area contributed by atoms with Gasteiger partial charge in [-0.3, -0.25) is 0 Å². The predicted octanol–water partition coefficient (Wildman–Crippen LogP) is 1.73. The van der Waals surface area contributed by atoms with Gasteiger partial charge in [0.15, 0.2) is 0 Å². The molecule has 2 unspecified atom stereocenters. The van der Waals surface area contributed by atoms with Crippen molar-refractivity contribution in [3.05, 3.63) is 0 Å². The van der Waals surface area contributed by atoms with Gasteiger partial charge in [-0.05, 0) is 33.4 Å². The van der Waals surface area contributed by atoms with Gasteiger partial charge in [-0.25, -0.2) is 0 Å². The van der Waals surface area contributed by atoms with Crippen LogP contribution in [0.2, 0.25) is 0 Å². The minimum Gasteiger partial charge on any atom is -0.379 e. The SMILES string of the molecule is CCCN(CC1COCC1NCC)C(C)C. The van der Waals surface area contributed by atoms with Crippen LogP contribution in [-0.2, 0) is 4.74 Å². The van der Waals surface area contributed by atoms with Crippen LogP contribution < -0.4 is 5.32 Å². The summed E-state index contributed by atoms with van der Waals surface area (Å²) in [6, 6.07) is 1.20. The summed E-state index contributed by atoms with van der Waals surface area (Å²) in [7, 11) is 0. The molecule has 2 atom stereocenters. The minimum atomic E-state index is 0.558. The fourth-order valence-electron chi connectivity index (χ4n) is 2.42. The number of hydrogen-bond acceptors (Lipinski definition) is 3. The van der Waals surface area contributed by atoms with E-state index in [1.165, 1.54) is 19.5 Å². The van der Waals surface area contributed by atoms with Crippen LogP contribution in [0, 0.1) is 5.92 Å². The summed E-state index contributed by atoms with van der Waals surface area (Å²) in [6.07, 6.45) is 1.23. The van der Waals surface area contributed by atoms with Crippen LogP contribution in [0.4, 0.5) is 0 Å². The van der Waals surface area contributed by atoms with Gasteiger partial charge in [-0.15, -0.1) is 0 Å². The van der Waals surface area contributed by atoms with Crippen molar-refractivity contribution < 1.29 is 4.74 Å². The van der Waals surface area contributed by atoms with E-state index in [1.807, 2.05) is 0 Å². The van der Waals surface area contributed by atoms with Crippen LogP contribution in [0.25, 0.3) is 0 Å². The summed E-state index contributed by atoms with van der Waals surface area (Å²) in [6.45, 7) is 14.2. The van der Waals surface area contributed by atoms with Gasteiger partial charge in [-0.2, -0.15) is 0 Å². The largest absolute Gasteiger partial charge is 0.379 e. The fraction of sp³-hybridized carbons (Fsp3) is 1.00. The molecule has 3 nitrogen and oxygen atoms in total. The van der Waals surface area contributed by atoms with Crippen LogP contribution in [-0.4, -0.2) is 49.8 Å². The fourth-order valence-corrected chi connectivity index (χ4v) is 2.42. The lowest BCUT2D eigenvalue weighted by atomic mass is 10.0. The van der Waals surface area contributed by atoms with Crippen LogP contribution in [0.5, 0.6) is 0 Å². The molecule has 1 N–H and O–H groups in total. The molecule has 0 aliphatic carbocycles. The molecule has 0 radical (unpaired) electrons. The minimum absolute atomic E-state index is 0.558. The lowest BCUT2D eigenvalue weighted by Gasteiger charge is -2.30. The highest BCUT2D eigenvalue weighted by Gasteiger charge is 2.29. The highest BCUT2D eigenvalue weighted by Crippen LogP contribution is 2.16. The zero-order chi connectivity index (χ0) is 12.0. The topological polar surface area (TPSA) is 24.5 Å². The van der Waals surface area contributed by atoms with Crippen molar-refractivity contribution in [2.75, 3.05) is 32.8 Å². The molecule has 1 heterocycles. The van der Waals surface area contributed by atoms with Crippen molar-refractivity contribution in [3.8, 4) is 0 Å². The molecule has 0 aromatic rings. The summed E-state index contributed by atoms with van der Waals surface area (Å²) >= 11 is 0. The van der Waals surface area contributed by atoms with Gasteiger partial charge >= 0.3 is 0 Å². The van der Waals surface area contributed by atoms with Crippen LogP contribution in [0.3, 0.4) is 0 Å². The molecular weight excluding hydrogens is 200 g/mol. The first kappa shape index (κ1) is 13.9. The Labute approximate surface area is 101 Å². The Kier molecular flexibility index (Phi) is 6.32. The smallest absolute Gasteiger partial charge is 0.0623 e. The summed E-state index contributed by atoms with van der Waals surface area (Å²) in [5.74, 6) is 0.661. The molecule has 1 aliphatic heterocycles. The third-order valence-electron chi connectivity index (χ3n) is 3.37. The predicted molar refractivity (Wildman–Crippen MR) is 68.8 cm³/mol. The number of hydrogen-bond donors (Lipinski definition) is 1. The summed E-state index contributed by atoms with van der Waals surface area (Å²) in [5.41, 5.74) is 0. The Bertz CT molecular complexity index is 185. The number of likely N-dealkylation sites (N-methyl/N-ethyl adjacent to an activating group) is 1. The molecule has 0 spiro atoms. The molecule has 96 valence electrons. The molecule has 1 saturated heterocycles. The van der Waals surface area contributed by atoms with Gasteiger partial charge in [0, 0.05) is 24.5 Å². The third-order valence-corrected chi connectivity index (χ3v) is 3.37. The zero-order valence-corrected chi connectivity index (χ0v) is 11.3. The van der Waals surface area contributed by atoms with Crippen LogP contribution in [0.15, 0.2) is 0 Å². The second-order valence-electron chi connectivity index (χ2n) is 5.05. The van der Waals surface area contributed by atoms with E-state index in [-0.39, 0.29) is 0 Å². The second kappa shape index (κ2) is 7.25. The van der Waals surface area contributed by atoms with E-state index in [0.29, 0.717) is 18.0 Å². The van der Waals surface area contributed by atoms with Gasteiger partial charge < -0.3 is 15.0 Å². The molecule has 1 aliphatic rings. The summed E-state index contributed by atoms with van der Waals surface area (Å²) < 4.78 is 5.59. The molecule has 0 aromatic heterocycles. The van der Waals surface area contributed by atoms with Crippen LogP contribution >= 0.6 is 0 Å². The van der Waals surface area contributed by atoms with E-state index in [4.69, 9.17) is 4.74 Å². The van der Waals surface area contributed by atoms with E-state index in [1.54, 1.807) is 0 Å². The maximum atomic E-state index is 5.59. The van der Waals surface area contributed by atoms with E-state index in [9.17, 15) is 0 Å². The molecule has 1 rings (SSSR count). The zero-order valence-electron chi connectivity index (χ0n) is 11.3. The molecule has 0 amide bonds. The van der Waals surface area contributed by atoms with E-state index in [0.717, 1.165) is 19.8 Å². The molecular formula is C13H28N2O. The Morgan fingerprint density at radius 3 is 2.62 bits per heavy atom. The third kappa shape index (κ3) is 4.04. The first-order chi connectivity index (χ1) is 7.69. The highest BCUT2D eigenvalue weighted by molar-refractivity contribution is 4.84. The quantitative estimate of drug-likeness (QED) is 0.718. The molecule has 0 aromatic carbocycles. The first-order valence-electron chi connectivity index (χ1n) is 6.74. The van der Waals surface area contributed by atoms with Crippen molar-refractivity contribution in [3.63, 3.8) is 0 Å². The molecule has 0 saturated carbocycles. The maximum absolute atomic E-state index is 5.59. The molecule has 1 fully saturated rings. The second-order valence-corrected chi connectivity index (χ2v) is 5.05. The molecule has 16 heavy (non-hydrogen) atoms. The average molecular weight is 228 g/mol. The Morgan fingerprint density at radius 2 is 2.06 bits per heavy atom. The lowest BCUT2D eigenvalue weighted by molar-refractivity contribution is 0.152. The van der Waals surface area contributed by atoms with Gasteiger partial charge in [0.05, 0.1) is 13.2 Å². The monoisotopic (exact) mass is 228 g/mol. The Hall–Kier alpha value is -0.120. The normalized spacial score (nSPS) is 25.9. The van der Waals surface area contributed by atoms with E-state index >= 15 is 0 Å². The molecule has 0 bridgehead atoms. The summed E-state index contributed by atoms with van der Waals surface area (Å²) in [4.78, 5) is 2.57. The van der Waals surface area contributed by atoms with E-state index in [2.05, 4.69) is 37.9 Å². The lowest BCUT2D eigenvalue weighted by Crippen LogP contribution is -2.44. The average Bonchev–Trinajstić information content (AvgIpc) is 2.65. The van der Waals surface area contributed by atoms with Gasteiger partial charge in [0.25, 0.3) is 0 Å². The van der Waals surface area contributed by atoms with Crippen molar-refractivity contribution in [1.82, 2.24) is 10.2 Å². The number of nitrogens with zero attached hydrogens (tertiary/aromatic N) is 1. The number of ether oxygens (including phenoxy) is 1. The Balaban J connectivity index is 2.43. The van der Waals surface area contributed by atoms with Gasteiger partial charge in [0.1, 0.15) is 0 Å². The van der Waals surface area contributed by atoms with Gasteiger partial charge in [0.2, 0.25) is 0 Å². The van der Waals surface area contributed by atoms with E-state index < -0.39 is 0 Å². The van der Waals surface area contributed by atoms with Gasteiger partial charge in [-0.1, -0.05) is 13.8 Å². The number of nitrogens with one attached hydrogen (secondary N) is 1. The summed E-state index contributed by atoms with van der Waals surface area (Å²) in [5, 5.41) is 3.53. The van der Waals surface area contributed by atoms with Crippen molar-refractivity contribution >= 4 is 0 Å². The van der Waals surface area contributed by atoms with Crippen LogP contribution in [0.1, 0.15) is 34.1 Å². The van der Waals surface area contributed by atoms with Crippen molar-refractivity contribution in [1.29, 1.82) is 0 Å².